The van der Waals surface area contributed by atoms with Gasteiger partial charge >= 0.3 is 12.1 Å². The normalized spacial score (nSPS) is 16.9. The van der Waals surface area contributed by atoms with Gasteiger partial charge < -0.3 is 25.6 Å². The molecular weight excluding hydrogens is 438 g/mol. The Labute approximate surface area is 197 Å². The average molecular weight is 468 g/mol. The molecule has 4 rings (SSSR count). The number of likely N-dealkylation sites (tertiary alicyclic amines) is 1. The molecule has 1 fully saturated rings. The van der Waals surface area contributed by atoms with Crippen molar-refractivity contribution < 1.29 is 29.3 Å². The first kappa shape index (κ1) is 23.7. The molecular formula is C25H29N3O6. The number of aliphatic carboxylic acids is 1. The number of alkyl carbamates (subject to hydrolysis) is 1. The van der Waals surface area contributed by atoms with Crippen LogP contribution in [-0.2, 0) is 14.3 Å². The summed E-state index contributed by atoms with van der Waals surface area (Å²) >= 11 is 0. The Morgan fingerprint density at radius 3 is 2.18 bits per heavy atom. The average Bonchev–Trinajstić information content (AvgIpc) is 3.16. The number of carbonyl (C=O) groups excluding carboxylic acids is 2. The lowest BCUT2D eigenvalue weighted by molar-refractivity contribution is -0.146. The highest BCUT2D eigenvalue weighted by atomic mass is 16.5. The van der Waals surface area contributed by atoms with Crippen LogP contribution in [0.25, 0.3) is 11.1 Å². The molecule has 34 heavy (non-hydrogen) atoms. The van der Waals surface area contributed by atoms with E-state index in [4.69, 9.17) is 9.84 Å². The molecule has 2 aliphatic rings. The van der Waals surface area contributed by atoms with Gasteiger partial charge in [0.25, 0.3) is 0 Å². The lowest BCUT2D eigenvalue weighted by atomic mass is 9.98. The van der Waals surface area contributed by atoms with Crippen LogP contribution >= 0.6 is 0 Å². The molecule has 180 valence electrons. The highest BCUT2D eigenvalue weighted by Gasteiger charge is 2.29. The number of carbonyl (C=O) groups is 3. The fourth-order valence-corrected chi connectivity index (χ4v) is 4.60. The second-order valence-electron chi connectivity index (χ2n) is 8.68. The van der Waals surface area contributed by atoms with Crippen LogP contribution in [0.3, 0.4) is 0 Å². The molecule has 9 nitrogen and oxygen atoms in total. The third-order valence-electron chi connectivity index (χ3n) is 6.40. The van der Waals surface area contributed by atoms with E-state index in [1.165, 1.54) is 22.3 Å². The van der Waals surface area contributed by atoms with Crippen LogP contribution in [-0.4, -0.2) is 78.0 Å². The molecule has 0 spiro atoms. The van der Waals surface area contributed by atoms with Crippen molar-refractivity contribution in [1.29, 1.82) is 0 Å². The standard InChI is InChI=1S/C25H29N3O6/c29-22(24(31)32)13-26-23(30)14-28-11-9-16(10-12-28)27-25(33)34-15-21-19-7-3-1-5-17(19)18-6-2-4-8-20(18)21/h1-8,16,21-22,29H,9-15H2,(H,26,30)(H,27,33)(H,31,32)/t22-/m0/s1. The van der Waals surface area contributed by atoms with Gasteiger partial charge in [-0.3, -0.25) is 9.69 Å². The number of ether oxygens (including phenoxy) is 1. The molecule has 1 aliphatic carbocycles. The van der Waals surface area contributed by atoms with Gasteiger partial charge in [0.1, 0.15) is 6.61 Å². The maximum Gasteiger partial charge on any atom is 0.407 e. The molecule has 0 unspecified atom stereocenters. The van der Waals surface area contributed by atoms with Crippen LogP contribution in [0.4, 0.5) is 4.79 Å². The maximum absolute atomic E-state index is 12.5. The van der Waals surface area contributed by atoms with Gasteiger partial charge in [0.05, 0.1) is 13.1 Å². The zero-order valence-electron chi connectivity index (χ0n) is 18.8. The number of aliphatic hydroxyl groups is 1. The summed E-state index contributed by atoms with van der Waals surface area (Å²) in [6.45, 7) is 1.28. The second-order valence-corrected chi connectivity index (χ2v) is 8.68. The van der Waals surface area contributed by atoms with Crippen molar-refractivity contribution in [3.63, 3.8) is 0 Å². The molecule has 1 atom stereocenters. The van der Waals surface area contributed by atoms with Crippen molar-refractivity contribution in [2.24, 2.45) is 0 Å². The number of carboxylic acid groups (broad SMARTS) is 1. The maximum atomic E-state index is 12.5. The van der Waals surface area contributed by atoms with Gasteiger partial charge in [-0.15, -0.1) is 0 Å². The molecule has 0 bridgehead atoms. The Morgan fingerprint density at radius 2 is 1.59 bits per heavy atom. The lowest BCUT2D eigenvalue weighted by Gasteiger charge is -2.31. The molecule has 0 saturated carbocycles. The third kappa shape index (κ3) is 5.55. The van der Waals surface area contributed by atoms with E-state index >= 15 is 0 Å². The Bertz CT molecular complexity index is 1000. The quantitative estimate of drug-likeness (QED) is 0.464. The first-order valence-corrected chi connectivity index (χ1v) is 11.4. The number of piperidine rings is 1. The van der Waals surface area contributed by atoms with Crippen LogP contribution in [0.5, 0.6) is 0 Å². The van der Waals surface area contributed by atoms with Gasteiger partial charge in [-0.25, -0.2) is 9.59 Å². The summed E-state index contributed by atoms with van der Waals surface area (Å²) in [6.07, 6.45) is -0.707. The Balaban J connectivity index is 1.20. The fraction of sp³-hybridized carbons (Fsp3) is 0.400. The first-order chi connectivity index (χ1) is 16.4. The largest absolute Gasteiger partial charge is 0.479 e. The number of carboxylic acids is 1. The number of nitrogens with zero attached hydrogens (tertiary/aromatic N) is 1. The summed E-state index contributed by atoms with van der Waals surface area (Å²) in [5.74, 6) is -1.71. The SMILES string of the molecule is O=C(CN1CCC(NC(=O)OCC2c3ccccc3-c3ccccc32)CC1)NC[C@H](O)C(=O)O. The predicted octanol–water partition coefficient (Wildman–Crippen LogP) is 1.55. The van der Waals surface area contributed by atoms with Crippen LogP contribution in [0.1, 0.15) is 29.9 Å². The summed E-state index contributed by atoms with van der Waals surface area (Å²) in [6, 6.07) is 16.3. The minimum atomic E-state index is -1.61. The van der Waals surface area contributed by atoms with Gasteiger partial charge in [0, 0.05) is 25.0 Å². The van der Waals surface area contributed by atoms with Gasteiger partial charge in [0.2, 0.25) is 5.91 Å². The molecule has 0 radical (unpaired) electrons. The number of nitrogens with one attached hydrogen (secondary N) is 2. The molecule has 1 saturated heterocycles. The second kappa shape index (κ2) is 10.7. The highest BCUT2D eigenvalue weighted by molar-refractivity contribution is 5.80. The van der Waals surface area contributed by atoms with E-state index in [1.807, 2.05) is 29.2 Å². The summed E-state index contributed by atoms with van der Waals surface area (Å²) in [4.78, 5) is 36.9. The summed E-state index contributed by atoms with van der Waals surface area (Å²) in [5, 5.41) is 23.2. The van der Waals surface area contributed by atoms with Crippen molar-refractivity contribution in [3.05, 3.63) is 59.7 Å². The van der Waals surface area contributed by atoms with Crippen molar-refractivity contribution in [1.82, 2.24) is 15.5 Å². The number of benzene rings is 2. The minimum absolute atomic E-state index is 0.0122. The van der Waals surface area contributed by atoms with Gasteiger partial charge in [-0.1, -0.05) is 48.5 Å². The number of rotatable bonds is 8. The molecule has 2 aromatic rings. The topological polar surface area (TPSA) is 128 Å². The van der Waals surface area contributed by atoms with Crippen molar-refractivity contribution in [3.8, 4) is 11.1 Å². The fourth-order valence-electron chi connectivity index (χ4n) is 4.60. The molecule has 2 amide bonds. The van der Waals surface area contributed by atoms with E-state index in [9.17, 15) is 19.5 Å². The molecule has 4 N–H and O–H groups in total. The zero-order valence-corrected chi connectivity index (χ0v) is 18.8. The van der Waals surface area contributed by atoms with Gasteiger partial charge in [-0.2, -0.15) is 0 Å². The lowest BCUT2D eigenvalue weighted by Crippen LogP contribution is -2.48. The Kier molecular flexibility index (Phi) is 7.44. The van der Waals surface area contributed by atoms with Crippen LogP contribution < -0.4 is 10.6 Å². The smallest absolute Gasteiger partial charge is 0.407 e. The highest BCUT2D eigenvalue weighted by Crippen LogP contribution is 2.44. The van der Waals surface area contributed by atoms with E-state index < -0.39 is 18.2 Å². The zero-order chi connectivity index (χ0) is 24.1. The number of amides is 2. The van der Waals surface area contributed by atoms with Crippen molar-refractivity contribution in [2.75, 3.05) is 32.8 Å². The monoisotopic (exact) mass is 467 g/mol. The van der Waals surface area contributed by atoms with E-state index in [2.05, 4.69) is 34.9 Å². The molecule has 1 aliphatic heterocycles. The molecule has 1 heterocycles. The third-order valence-corrected chi connectivity index (χ3v) is 6.40. The van der Waals surface area contributed by atoms with Crippen LogP contribution in [0, 0.1) is 0 Å². The van der Waals surface area contributed by atoms with E-state index in [0.717, 1.165) is 0 Å². The van der Waals surface area contributed by atoms with E-state index in [1.54, 1.807) is 0 Å². The molecule has 2 aromatic carbocycles. The van der Waals surface area contributed by atoms with Gasteiger partial charge in [-0.05, 0) is 35.1 Å². The van der Waals surface area contributed by atoms with E-state index in [0.29, 0.717) is 25.9 Å². The summed E-state index contributed by atoms with van der Waals surface area (Å²) in [5.41, 5.74) is 4.69. The number of hydrogen-bond donors (Lipinski definition) is 4. The van der Waals surface area contributed by atoms with E-state index in [-0.39, 0.29) is 37.6 Å². The van der Waals surface area contributed by atoms with Crippen molar-refractivity contribution in [2.45, 2.75) is 30.9 Å². The Hall–Kier alpha value is -3.43. The number of aliphatic hydroxyl groups excluding tert-OH is 1. The van der Waals surface area contributed by atoms with Gasteiger partial charge in [0.15, 0.2) is 6.10 Å². The Morgan fingerprint density at radius 1 is 1.00 bits per heavy atom. The first-order valence-electron chi connectivity index (χ1n) is 11.4. The predicted molar refractivity (Wildman–Crippen MR) is 124 cm³/mol. The molecule has 0 aromatic heterocycles. The van der Waals surface area contributed by atoms with Crippen LogP contribution in [0.2, 0.25) is 0 Å². The minimum Gasteiger partial charge on any atom is -0.479 e. The number of hydrogen-bond acceptors (Lipinski definition) is 6. The summed E-state index contributed by atoms with van der Waals surface area (Å²) < 4.78 is 5.61. The summed E-state index contributed by atoms with van der Waals surface area (Å²) in [7, 11) is 0. The number of fused-ring (bicyclic) bond motifs is 3. The van der Waals surface area contributed by atoms with Crippen molar-refractivity contribution >= 4 is 18.0 Å². The molecule has 9 heteroatoms. The van der Waals surface area contributed by atoms with Crippen LogP contribution in [0.15, 0.2) is 48.5 Å².